The highest BCUT2D eigenvalue weighted by Crippen LogP contribution is 2.14. The second kappa shape index (κ2) is 16.8. The summed E-state index contributed by atoms with van der Waals surface area (Å²) in [5.74, 6) is -2.83. The highest BCUT2D eigenvalue weighted by atomic mass is 16.8. The minimum Gasteiger partial charge on any atom is -0.408 e. The molecule has 150 valence electrons. The van der Waals surface area contributed by atoms with E-state index < -0.39 is 11.9 Å². The van der Waals surface area contributed by atoms with Crippen LogP contribution in [0.5, 0.6) is 0 Å². The van der Waals surface area contributed by atoms with Crippen molar-refractivity contribution in [1.29, 1.82) is 0 Å². The third kappa shape index (κ3) is 18.0. The lowest BCUT2D eigenvalue weighted by atomic mass is 10.0. The van der Waals surface area contributed by atoms with Crippen molar-refractivity contribution in [3.63, 3.8) is 0 Å². The zero-order valence-corrected chi connectivity index (χ0v) is 16.7. The van der Waals surface area contributed by atoms with Gasteiger partial charge in [-0.15, -0.1) is 0 Å². The fraction of sp³-hybridized carbons (Fsp3) is 0.952. The average molecular weight is 359 g/mol. The molecule has 0 aliphatic rings. The van der Waals surface area contributed by atoms with Crippen LogP contribution in [0.2, 0.25) is 0 Å². The number of ether oxygens (including phenoxy) is 1. The molecule has 0 aromatic rings. The molecule has 0 aromatic heterocycles. The number of rotatable bonds is 18. The third-order valence-electron chi connectivity index (χ3n) is 4.72. The number of carbonyl (C=O) groups is 1. The molecule has 0 heterocycles. The third-order valence-corrected chi connectivity index (χ3v) is 4.72. The van der Waals surface area contributed by atoms with Gasteiger partial charge in [-0.05, 0) is 6.42 Å². The molecule has 0 radical (unpaired) electrons. The van der Waals surface area contributed by atoms with E-state index >= 15 is 0 Å². The lowest BCUT2D eigenvalue weighted by Crippen LogP contribution is -2.33. The number of aliphatic hydroxyl groups is 2. The minimum atomic E-state index is -2.30. The fourth-order valence-corrected chi connectivity index (χ4v) is 2.95. The Bertz CT molecular complexity index is 302. The van der Waals surface area contributed by atoms with Crippen LogP contribution < -0.4 is 0 Å². The molecular weight excluding hydrogens is 316 g/mol. The molecule has 0 bridgehead atoms. The van der Waals surface area contributed by atoms with Crippen LogP contribution >= 0.6 is 0 Å². The van der Waals surface area contributed by atoms with Gasteiger partial charge in [0.15, 0.2) is 0 Å². The van der Waals surface area contributed by atoms with Crippen molar-refractivity contribution in [3.05, 3.63) is 0 Å². The lowest BCUT2D eigenvalue weighted by Gasteiger charge is -2.19. The maximum absolute atomic E-state index is 11.4. The van der Waals surface area contributed by atoms with Gasteiger partial charge >= 0.3 is 11.9 Å². The summed E-state index contributed by atoms with van der Waals surface area (Å²) in [6, 6.07) is 0. The quantitative estimate of drug-likeness (QED) is 0.183. The molecule has 0 aromatic carbocycles. The van der Waals surface area contributed by atoms with Gasteiger partial charge < -0.3 is 14.9 Å². The van der Waals surface area contributed by atoms with Crippen molar-refractivity contribution in [2.75, 3.05) is 0 Å². The van der Waals surface area contributed by atoms with Gasteiger partial charge in [-0.2, -0.15) is 0 Å². The smallest absolute Gasteiger partial charge is 0.323 e. The van der Waals surface area contributed by atoms with E-state index in [9.17, 15) is 15.0 Å². The van der Waals surface area contributed by atoms with E-state index in [-0.39, 0.29) is 12.8 Å². The van der Waals surface area contributed by atoms with Crippen LogP contribution in [0, 0.1) is 0 Å². The Balaban J connectivity index is 3.20. The van der Waals surface area contributed by atoms with E-state index in [1.54, 1.807) is 6.92 Å². The molecule has 0 saturated carbocycles. The Morgan fingerprint density at radius 3 is 1.40 bits per heavy atom. The van der Waals surface area contributed by atoms with E-state index in [4.69, 9.17) is 0 Å². The van der Waals surface area contributed by atoms with Gasteiger partial charge in [-0.3, -0.25) is 4.79 Å². The molecule has 0 spiro atoms. The first kappa shape index (κ1) is 24.4. The van der Waals surface area contributed by atoms with Crippen molar-refractivity contribution in [2.45, 2.75) is 129 Å². The number of hydrogen-bond acceptors (Lipinski definition) is 4. The van der Waals surface area contributed by atoms with E-state index in [0.29, 0.717) is 0 Å². The molecule has 0 atom stereocenters. The van der Waals surface area contributed by atoms with E-state index in [2.05, 4.69) is 11.7 Å². The van der Waals surface area contributed by atoms with Gasteiger partial charge in [0.05, 0.1) is 0 Å². The zero-order valence-electron chi connectivity index (χ0n) is 16.7. The number of esters is 1. The van der Waals surface area contributed by atoms with E-state index in [1.807, 2.05) is 0 Å². The summed E-state index contributed by atoms with van der Waals surface area (Å²) < 4.78 is 4.58. The van der Waals surface area contributed by atoms with Crippen molar-refractivity contribution >= 4 is 5.97 Å². The van der Waals surface area contributed by atoms with Gasteiger partial charge in [0, 0.05) is 12.8 Å². The van der Waals surface area contributed by atoms with E-state index in [1.165, 1.54) is 77.0 Å². The summed E-state index contributed by atoms with van der Waals surface area (Å²) in [6.45, 7) is 3.82. The Morgan fingerprint density at radius 2 is 1.04 bits per heavy atom. The van der Waals surface area contributed by atoms with Crippen molar-refractivity contribution in [3.8, 4) is 0 Å². The number of carbonyl (C=O) groups excluding carboxylic acids is 1. The van der Waals surface area contributed by atoms with Crippen LogP contribution in [0.4, 0.5) is 0 Å². The van der Waals surface area contributed by atoms with Crippen molar-refractivity contribution < 1.29 is 19.7 Å². The molecule has 25 heavy (non-hydrogen) atoms. The topological polar surface area (TPSA) is 66.8 Å². The lowest BCUT2D eigenvalue weighted by molar-refractivity contribution is -0.319. The first-order valence-corrected chi connectivity index (χ1v) is 10.7. The summed E-state index contributed by atoms with van der Waals surface area (Å²) in [5, 5.41) is 18.5. The number of hydrogen-bond donors (Lipinski definition) is 2. The normalized spacial score (nSPS) is 11.7. The first-order chi connectivity index (χ1) is 12.0. The van der Waals surface area contributed by atoms with Gasteiger partial charge in [-0.25, -0.2) is 0 Å². The maximum Gasteiger partial charge on any atom is 0.323 e. The maximum atomic E-state index is 11.4. The Kier molecular flexibility index (Phi) is 16.4. The molecule has 0 amide bonds. The Labute approximate surface area is 155 Å². The largest absolute Gasteiger partial charge is 0.408 e. The zero-order chi connectivity index (χ0) is 18.8. The minimum absolute atomic E-state index is 0.0163. The van der Waals surface area contributed by atoms with Crippen LogP contribution in [-0.2, 0) is 9.53 Å². The van der Waals surface area contributed by atoms with Crippen LogP contribution in [0.1, 0.15) is 123 Å². The molecular formula is C21H42O4. The highest BCUT2D eigenvalue weighted by molar-refractivity contribution is 5.69. The molecule has 4 heteroatoms. The van der Waals surface area contributed by atoms with Crippen LogP contribution in [-0.4, -0.2) is 22.2 Å². The molecule has 0 rings (SSSR count). The predicted octanol–water partition coefficient (Wildman–Crippen LogP) is 5.84. The average Bonchev–Trinajstić information content (AvgIpc) is 2.58. The molecule has 2 N–H and O–H groups in total. The van der Waals surface area contributed by atoms with Gasteiger partial charge in [0.2, 0.25) is 0 Å². The van der Waals surface area contributed by atoms with Crippen LogP contribution in [0.15, 0.2) is 0 Å². The Hall–Kier alpha value is -0.610. The molecule has 0 aliphatic heterocycles. The molecule has 0 unspecified atom stereocenters. The van der Waals surface area contributed by atoms with Gasteiger partial charge in [0.25, 0.3) is 0 Å². The van der Waals surface area contributed by atoms with Crippen molar-refractivity contribution in [1.82, 2.24) is 0 Å². The predicted molar refractivity (Wildman–Crippen MR) is 103 cm³/mol. The van der Waals surface area contributed by atoms with Gasteiger partial charge in [0.1, 0.15) is 0 Å². The summed E-state index contributed by atoms with van der Waals surface area (Å²) >= 11 is 0. The molecule has 0 fully saturated rings. The summed E-state index contributed by atoms with van der Waals surface area (Å²) in [5.41, 5.74) is 0. The highest BCUT2D eigenvalue weighted by Gasteiger charge is 2.25. The molecule has 0 aliphatic carbocycles. The molecule has 4 nitrogen and oxygen atoms in total. The SMILES string of the molecule is CCCCCCCCCCCCCCCCCC(=O)OC(O)(O)CC. The summed E-state index contributed by atoms with van der Waals surface area (Å²) in [7, 11) is 0. The van der Waals surface area contributed by atoms with E-state index in [0.717, 1.165) is 19.3 Å². The monoisotopic (exact) mass is 358 g/mol. The second-order valence-corrected chi connectivity index (χ2v) is 7.27. The first-order valence-electron chi connectivity index (χ1n) is 10.7. The van der Waals surface area contributed by atoms with Gasteiger partial charge in [-0.1, -0.05) is 104 Å². The van der Waals surface area contributed by atoms with Crippen LogP contribution in [0.3, 0.4) is 0 Å². The Morgan fingerprint density at radius 1 is 0.680 bits per heavy atom. The van der Waals surface area contributed by atoms with Crippen molar-refractivity contribution in [2.24, 2.45) is 0 Å². The summed E-state index contributed by atoms with van der Waals surface area (Å²) in [6.07, 6.45) is 19.5. The fourth-order valence-electron chi connectivity index (χ4n) is 2.95. The number of unbranched alkanes of at least 4 members (excludes halogenated alkanes) is 14. The second-order valence-electron chi connectivity index (χ2n) is 7.27. The standard InChI is InChI=1S/C21H42O4/c1-3-5-6-7-8-9-10-11-12-13-14-15-16-17-18-19-20(22)25-21(23,24)4-2/h23-24H,3-19H2,1-2H3. The molecule has 0 saturated heterocycles. The van der Waals surface area contributed by atoms with Crippen LogP contribution in [0.25, 0.3) is 0 Å². The summed E-state index contributed by atoms with van der Waals surface area (Å²) in [4.78, 5) is 11.4.